The molecule has 4 heteroatoms. The molecule has 1 N–H and O–H groups in total. The first kappa shape index (κ1) is 13.2. The van der Waals surface area contributed by atoms with E-state index in [1.54, 1.807) is 12.0 Å². The van der Waals surface area contributed by atoms with E-state index >= 15 is 0 Å². The summed E-state index contributed by atoms with van der Waals surface area (Å²) in [7, 11) is 1.71. The monoisotopic (exact) mass is 385 g/mol. The van der Waals surface area contributed by atoms with E-state index in [4.69, 9.17) is 4.74 Å². The van der Waals surface area contributed by atoms with Crippen molar-refractivity contribution in [1.29, 1.82) is 0 Å². The number of ether oxygens (including phenoxy) is 1. The lowest BCUT2D eigenvalue weighted by atomic mass is 9.94. The summed E-state index contributed by atoms with van der Waals surface area (Å²) < 4.78 is 6.67. The maximum absolute atomic E-state index is 5.28. The zero-order chi connectivity index (χ0) is 13.2. The number of benzene rings is 1. The number of hydrogen-bond acceptors (Lipinski definition) is 3. The van der Waals surface area contributed by atoms with E-state index in [1.807, 2.05) is 23.5 Å². The van der Waals surface area contributed by atoms with Crippen LogP contribution in [-0.4, -0.2) is 7.11 Å². The second kappa shape index (κ2) is 5.71. The number of methoxy groups -OCH3 is 1. The molecule has 0 radical (unpaired) electrons. The average Bonchev–Trinajstić information content (AvgIpc) is 2.80. The largest absolute Gasteiger partial charge is 0.497 e. The van der Waals surface area contributed by atoms with E-state index < -0.39 is 0 Å². The van der Waals surface area contributed by atoms with Crippen LogP contribution < -0.4 is 10.1 Å². The van der Waals surface area contributed by atoms with Gasteiger partial charge in [0.25, 0.3) is 0 Å². The Bertz CT molecular complexity index is 581. The van der Waals surface area contributed by atoms with Crippen molar-refractivity contribution in [2.75, 3.05) is 12.4 Å². The molecule has 100 valence electrons. The van der Waals surface area contributed by atoms with E-state index in [-0.39, 0.29) is 0 Å². The van der Waals surface area contributed by atoms with Gasteiger partial charge in [-0.15, -0.1) is 11.3 Å². The highest BCUT2D eigenvalue weighted by atomic mass is 127. The summed E-state index contributed by atoms with van der Waals surface area (Å²) in [6.45, 7) is 0. The summed E-state index contributed by atoms with van der Waals surface area (Å²) in [6, 6.07) is 10.9. The molecule has 19 heavy (non-hydrogen) atoms. The minimum Gasteiger partial charge on any atom is -0.497 e. The van der Waals surface area contributed by atoms with Gasteiger partial charge in [-0.25, -0.2) is 0 Å². The van der Waals surface area contributed by atoms with Gasteiger partial charge in [0.05, 0.1) is 16.0 Å². The van der Waals surface area contributed by atoms with Gasteiger partial charge >= 0.3 is 0 Å². The highest BCUT2D eigenvalue weighted by Crippen LogP contribution is 2.38. The molecule has 0 saturated carbocycles. The van der Waals surface area contributed by atoms with Crippen LogP contribution in [0.2, 0.25) is 0 Å². The van der Waals surface area contributed by atoms with Gasteiger partial charge in [0.1, 0.15) is 5.75 Å². The van der Waals surface area contributed by atoms with Crippen molar-refractivity contribution in [3.8, 4) is 5.75 Å². The van der Waals surface area contributed by atoms with E-state index in [2.05, 4.69) is 46.1 Å². The fourth-order valence-electron chi connectivity index (χ4n) is 2.59. The van der Waals surface area contributed by atoms with Crippen molar-refractivity contribution in [3.63, 3.8) is 0 Å². The molecule has 2 nitrogen and oxygen atoms in total. The van der Waals surface area contributed by atoms with Crippen molar-refractivity contribution < 1.29 is 4.74 Å². The van der Waals surface area contributed by atoms with Crippen molar-refractivity contribution in [2.45, 2.75) is 25.3 Å². The van der Waals surface area contributed by atoms with Crippen LogP contribution in [0, 0.1) is 2.88 Å². The van der Waals surface area contributed by atoms with Gasteiger partial charge < -0.3 is 10.1 Å². The molecule has 1 aliphatic carbocycles. The first-order valence-corrected chi connectivity index (χ1v) is 8.34. The highest BCUT2D eigenvalue weighted by molar-refractivity contribution is 14.1. The zero-order valence-corrected chi connectivity index (χ0v) is 13.8. The van der Waals surface area contributed by atoms with Crippen molar-refractivity contribution in [2.24, 2.45) is 0 Å². The summed E-state index contributed by atoms with van der Waals surface area (Å²) in [5.41, 5.74) is 2.63. The predicted molar refractivity (Wildman–Crippen MR) is 89.3 cm³/mol. The maximum Gasteiger partial charge on any atom is 0.120 e. The smallest absolute Gasteiger partial charge is 0.120 e. The van der Waals surface area contributed by atoms with Crippen LogP contribution in [-0.2, 0) is 6.42 Å². The average molecular weight is 385 g/mol. The molecule has 0 aliphatic heterocycles. The predicted octanol–water partition coefficient (Wildman–Crippen LogP) is 4.85. The number of nitrogens with one attached hydrogen (secondary N) is 1. The fraction of sp³-hybridized carbons (Fsp3) is 0.333. The van der Waals surface area contributed by atoms with E-state index in [0.717, 1.165) is 11.4 Å². The van der Waals surface area contributed by atoms with E-state index in [9.17, 15) is 0 Å². The Balaban J connectivity index is 1.83. The molecule has 0 fully saturated rings. The summed E-state index contributed by atoms with van der Waals surface area (Å²) in [5, 5.41) is 3.65. The topological polar surface area (TPSA) is 21.3 Å². The highest BCUT2D eigenvalue weighted by Gasteiger charge is 2.22. The zero-order valence-electron chi connectivity index (χ0n) is 10.8. The Morgan fingerprint density at radius 1 is 1.37 bits per heavy atom. The Morgan fingerprint density at radius 2 is 2.26 bits per heavy atom. The molecule has 0 bridgehead atoms. The number of thiophene rings is 1. The molecule has 2 aromatic rings. The molecule has 1 aromatic carbocycles. The standard InChI is InChI=1S/C15H16INOS/c1-18-11-5-2-4-10(8-11)17-13-6-3-7-14-12(13)9-15(16)19-14/h2,4-5,8-9,13,17H,3,6-7H2,1H3. The van der Waals surface area contributed by atoms with Crippen LogP contribution in [0.5, 0.6) is 5.75 Å². The number of hydrogen-bond donors (Lipinski definition) is 1. The molecule has 1 unspecified atom stereocenters. The second-order valence-corrected chi connectivity index (χ2v) is 7.78. The molecular formula is C15H16INOS. The van der Waals surface area contributed by atoms with Gasteiger partial charge in [0.15, 0.2) is 0 Å². The van der Waals surface area contributed by atoms with Gasteiger partial charge in [-0.2, -0.15) is 0 Å². The molecule has 0 spiro atoms. The normalized spacial score (nSPS) is 17.9. The maximum atomic E-state index is 5.28. The molecular weight excluding hydrogens is 369 g/mol. The Kier molecular flexibility index (Phi) is 3.98. The third-order valence-electron chi connectivity index (χ3n) is 3.49. The SMILES string of the molecule is COc1cccc(NC2CCCc3sc(I)cc32)c1. The number of fused-ring (bicyclic) bond motifs is 1. The minimum absolute atomic E-state index is 0.440. The van der Waals surface area contributed by atoms with Crippen LogP contribution in [0.4, 0.5) is 5.69 Å². The lowest BCUT2D eigenvalue weighted by molar-refractivity contribution is 0.415. The van der Waals surface area contributed by atoms with Crippen LogP contribution in [0.15, 0.2) is 30.3 Å². The third kappa shape index (κ3) is 2.89. The number of anilines is 1. The number of aryl methyl sites for hydroxylation is 1. The lowest BCUT2D eigenvalue weighted by Gasteiger charge is -2.24. The van der Waals surface area contributed by atoms with Crippen molar-refractivity contribution >= 4 is 39.6 Å². The molecule has 1 aromatic heterocycles. The Labute approximate surface area is 131 Å². The Morgan fingerprint density at radius 3 is 3.11 bits per heavy atom. The van der Waals surface area contributed by atoms with Gasteiger partial charge in [-0.1, -0.05) is 6.07 Å². The first-order valence-electron chi connectivity index (χ1n) is 6.45. The third-order valence-corrected chi connectivity index (χ3v) is 5.47. The Hall–Kier alpha value is -0.750. The lowest BCUT2D eigenvalue weighted by Crippen LogP contribution is -2.15. The molecule has 0 amide bonds. The molecule has 1 aliphatic rings. The van der Waals surface area contributed by atoms with Crippen molar-refractivity contribution in [3.05, 3.63) is 43.7 Å². The summed E-state index contributed by atoms with van der Waals surface area (Å²) in [4.78, 5) is 1.55. The van der Waals surface area contributed by atoms with Crippen LogP contribution >= 0.6 is 33.9 Å². The van der Waals surface area contributed by atoms with Crippen molar-refractivity contribution in [1.82, 2.24) is 0 Å². The summed E-state index contributed by atoms with van der Waals surface area (Å²) >= 11 is 4.36. The van der Waals surface area contributed by atoms with Gasteiger partial charge in [-0.05, 0) is 65.6 Å². The first-order chi connectivity index (χ1) is 9.26. The van der Waals surface area contributed by atoms with Crippen LogP contribution in [0.25, 0.3) is 0 Å². The fourth-order valence-corrected chi connectivity index (χ4v) is 4.70. The van der Waals surface area contributed by atoms with Crippen LogP contribution in [0.3, 0.4) is 0 Å². The van der Waals surface area contributed by atoms with Gasteiger partial charge in [0, 0.05) is 16.6 Å². The molecule has 0 saturated heterocycles. The summed E-state index contributed by atoms with van der Waals surface area (Å²) in [5.74, 6) is 0.904. The number of rotatable bonds is 3. The quantitative estimate of drug-likeness (QED) is 0.763. The minimum atomic E-state index is 0.440. The summed E-state index contributed by atoms with van der Waals surface area (Å²) in [6.07, 6.45) is 3.71. The number of halogens is 1. The molecule has 1 atom stereocenters. The second-order valence-electron chi connectivity index (χ2n) is 4.75. The van der Waals surface area contributed by atoms with Gasteiger partial charge in [0.2, 0.25) is 0 Å². The van der Waals surface area contributed by atoms with E-state index in [1.165, 1.54) is 27.7 Å². The van der Waals surface area contributed by atoms with Crippen LogP contribution in [0.1, 0.15) is 29.3 Å². The van der Waals surface area contributed by atoms with E-state index in [0.29, 0.717) is 6.04 Å². The van der Waals surface area contributed by atoms with Gasteiger partial charge in [-0.3, -0.25) is 0 Å². The molecule has 1 heterocycles. The molecule has 3 rings (SSSR count).